The van der Waals surface area contributed by atoms with Gasteiger partial charge in [-0.15, -0.1) is 5.21 Å². The van der Waals surface area contributed by atoms with Gasteiger partial charge in [-0.2, -0.15) is 0 Å². The predicted octanol–water partition coefficient (Wildman–Crippen LogP) is 1.69. The average Bonchev–Trinajstić information content (AvgIpc) is 2.58. The Morgan fingerprint density at radius 3 is 2.36 bits per heavy atom. The first-order chi connectivity index (χ1) is 10.2. The number of nitrogens with one attached hydrogen (secondary N) is 1. The Morgan fingerprint density at radius 1 is 1.27 bits per heavy atom. The smallest absolute Gasteiger partial charge is 0.196 e. The summed E-state index contributed by atoms with van der Waals surface area (Å²) in [6.07, 6.45) is -0.811. The van der Waals surface area contributed by atoms with Crippen LogP contribution < -0.4 is 14.5 Å². The third-order valence-electron chi connectivity index (χ3n) is 4.98. The van der Waals surface area contributed by atoms with E-state index in [1.807, 2.05) is 34.6 Å². The molecule has 1 N–H and O–H groups in total. The van der Waals surface area contributed by atoms with E-state index in [0.717, 1.165) is 5.06 Å². The number of hydrogen-bond donors (Lipinski definition) is 1. The first kappa shape index (κ1) is 17.0. The first-order valence-electron chi connectivity index (χ1n) is 7.50. The fourth-order valence-electron chi connectivity index (χ4n) is 2.76. The van der Waals surface area contributed by atoms with E-state index in [2.05, 4.69) is 0 Å². The van der Waals surface area contributed by atoms with Gasteiger partial charge in [0.15, 0.2) is 17.7 Å². The van der Waals surface area contributed by atoms with Crippen molar-refractivity contribution in [3.63, 3.8) is 0 Å². The lowest BCUT2D eigenvalue weighted by molar-refractivity contribution is -0.926. The van der Waals surface area contributed by atoms with Crippen LogP contribution in [0.4, 0.5) is 0 Å². The second kappa shape index (κ2) is 5.70. The van der Waals surface area contributed by atoms with Crippen LogP contribution >= 0.6 is 0 Å². The molecule has 6 nitrogen and oxygen atoms in total. The maximum absolute atomic E-state index is 12.8. The molecule has 0 aromatic heterocycles. The Balaban J connectivity index is 2.44. The van der Waals surface area contributed by atoms with Crippen LogP contribution in [0.2, 0.25) is 0 Å². The minimum Gasteiger partial charge on any atom is -0.632 e. The summed E-state index contributed by atoms with van der Waals surface area (Å²) < 4.78 is 10.8. The van der Waals surface area contributed by atoms with E-state index >= 15 is 0 Å². The number of methoxy groups -OCH3 is 1. The van der Waals surface area contributed by atoms with Crippen LogP contribution in [-0.4, -0.2) is 29.9 Å². The molecule has 0 spiro atoms. The largest absolute Gasteiger partial charge is 0.632 e. The topological polar surface area (TPSA) is 69.1 Å². The molecule has 1 radical (unpaired) electrons. The number of benzene rings is 1. The lowest BCUT2D eigenvalue weighted by Gasteiger charge is -2.39. The Labute approximate surface area is 131 Å². The van der Waals surface area contributed by atoms with Crippen LogP contribution in [0.1, 0.15) is 46.3 Å². The zero-order chi connectivity index (χ0) is 16.7. The average molecular weight is 309 g/mol. The SMILES string of the molecule is CCOc1ccc(C2N([O])C(C)(C)C(C)(C)[NH+]2[O-])cc1OC. The number of hydrogen-bond acceptors (Lipinski definition) is 4. The summed E-state index contributed by atoms with van der Waals surface area (Å²) in [5, 5.41) is 26.3. The van der Waals surface area contributed by atoms with Crippen molar-refractivity contribution in [1.29, 1.82) is 0 Å². The number of ether oxygens (including phenoxy) is 2. The molecule has 6 heteroatoms. The van der Waals surface area contributed by atoms with Crippen molar-refractivity contribution in [1.82, 2.24) is 5.06 Å². The molecule has 1 aromatic rings. The zero-order valence-corrected chi connectivity index (χ0v) is 14.1. The van der Waals surface area contributed by atoms with Gasteiger partial charge < -0.3 is 19.7 Å². The molecule has 1 aliphatic rings. The Hall–Kier alpha value is -1.34. The molecule has 123 valence electrons. The molecule has 1 fully saturated rings. The van der Waals surface area contributed by atoms with Crippen LogP contribution in [0.15, 0.2) is 18.2 Å². The van der Waals surface area contributed by atoms with Gasteiger partial charge in [-0.3, -0.25) is 0 Å². The highest BCUT2D eigenvalue weighted by Gasteiger charge is 2.60. The van der Waals surface area contributed by atoms with E-state index in [1.54, 1.807) is 25.3 Å². The van der Waals surface area contributed by atoms with E-state index in [4.69, 9.17) is 9.47 Å². The second-order valence-corrected chi connectivity index (χ2v) is 6.62. The quantitative estimate of drug-likeness (QED) is 0.859. The number of hydroxylamine groups is 4. The van der Waals surface area contributed by atoms with Gasteiger partial charge in [0.25, 0.3) is 0 Å². The molecule has 1 aliphatic heterocycles. The van der Waals surface area contributed by atoms with Crippen molar-refractivity contribution in [3.05, 3.63) is 29.0 Å². The lowest BCUT2D eigenvalue weighted by Crippen LogP contribution is -3.14. The van der Waals surface area contributed by atoms with Crippen LogP contribution in [0.3, 0.4) is 0 Å². The summed E-state index contributed by atoms with van der Waals surface area (Å²) >= 11 is 0. The van der Waals surface area contributed by atoms with E-state index < -0.39 is 17.2 Å². The van der Waals surface area contributed by atoms with Crippen molar-refractivity contribution in [2.24, 2.45) is 0 Å². The van der Waals surface area contributed by atoms with E-state index in [1.165, 1.54) is 0 Å². The molecular formula is C16H25N2O4. The number of nitrogens with zero attached hydrogens (tertiary/aromatic N) is 1. The van der Waals surface area contributed by atoms with E-state index in [0.29, 0.717) is 23.7 Å². The molecule has 1 aromatic carbocycles. The highest BCUT2D eigenvalue weighted by molar-refractivity contribution is 5.43. The molecule has 2 atom stereocenters. The van der Waals surface area contributed by atoms with Gasteiger partial charge in [0.05, 0.1) is 13.7 Å². The summed E-state index contributed by atoms with van der Waals surface area (Å²) in [5.74, 6) is 1.14. The van der Waals surface area contributed by atoms with Crippen molar-refractivity contribution < 1.29 is 19.7 Å². The van der Waals surface area contributed by atoms with Crippen LogP contribution in [-0.2, 0) is 5.21 Å². The van der Waals surface area contributed by atoms with Gasteiger partial charge in [-0.1, -0.05) is 5.06 Å². The second-order valence-electron chi connectivity index (χ2n) is 6.62. The van der Waals surface area contributed by atoms with Gasteiger partial charge in [-0.05, 0) is 52.8 Å². The van der Waals surface area contributed by atoms with E-state index in [-0.39, 0.29) is 5.06 Å². The van der Waals surface area contributed by atoms with Crippen molar-refractivity contribution in [3.8, 4) is 11.5 Å². The highest BCUT2D eigenvalue weighted by Crippen LogP contribution is 2.39. The molecule has 2 rings (SSSR count). The first-order valence-corrected chi connectivity index (χ1v) is 7.50. The van der Waals surface area contributed by atoms with Crippen LogP contribution in [0.5, 0.6) is 11.5 Å². The molecule has 22 heavy (non-hydrogen) atoms. The van der Waals surface area contributed by atoms with Gasteiger partial charge in [0, 0.05) is 5.56 Å². The molecule has 0 saturated carbocycles. The van der Waals surface area contributed by atoms with Gasteiger partial charge >= 0.3 is 0 Å². The fraction of sp³-hybridized carbons (Fsp3) is 0.625. The van der Waals surface area contributed by atoms with Crippen molar-refractivity contribution in [2.75, 3.05) is 13.7 Å². The Morgan fingerprint density at radius 2 is 1.91 bits per heavy atom. The Bertz CT molecular complexity index is 525. The minimum atomic E-state index is -0.811. The minimum absolute atomic E-state index is 0.0706. The predicted molar refractivity (Wildman–Crippen MR) is 81.9 cm³/mol. The normalized spacial score (nSPS) is 26.9. The third kappa shape index (κ3) is 2.36. The standard InChI is InChI=1S/C16H25N2O4/c1-7-22-12-9-8-11(10-13(12)21-6)14-17(19)15(2,3)16(4,5)18(14)20/h8-10,14,17H,7H2,1-6H3. The van der Waals surface area contributed by atoms with Crippen LogP contribution in [0, 0.1) is 5.21 Å². The maximum atomic E-state index is 12.8. The van der Waals surface area contributed by atoms with Crippen LogP contribution in [0.25, 0.3) is 0 Å². The zero-order valence-electron chi connectivity index (χ0n) is 14.1. The van der Waals surface area contributed by atoms with E-state index in [9.17, 15) is 10.4 Å². The molecule has 0 bridgehead atoms. The molecular weight excluding hydrogens is 284 g/mol. The monoisotopic (exact) mass is 309 g/mol. The number of rotatable bonds is 4. The van der Waals surface area contributed by atoms with Crippen molar-refractivity contribution >= 4 is 0 Å². The maximum Gasteiger partial charge on any atom is 0.196 e. The summed E-state index contributed by atoms with van der Waals surface area (Å²) in [6.45, 7) is 9.68. The number of quaternary nitrogens is 1. The van der Waals surface area contributed by atoms with Gasteiger partial charge in [0.2, 0.25) is 0 Å². The summed E-state index contributed by atoms with van der Waals surface area (Å²) in [7, 11) is 1.54. The van der Waals surface area contributed by atoms with Crippen molar-refractivity contribution in [2.45, 2.75) is 51.9 Å². The van der Waals surface area contributed by atoms with Gasteiger partial charge in [0.1, 0.15) is 11.1 Å². The third-order valence-corrected chi connectivity index (χ3v) is 4.98. The lowest BCUT2D eigenvalue weighted by atomic mass is 9.84. The molecule has 1 saturated heterocycles. The molecule has 0 aliphatic carbocycles. The van der Waals surface area contributed by atoms with Gasteiger partial charge in [-0.25, -0.2) is 0 Å². The molecule has 2 unspecified atom stereocenters. The highest BCUT2D eigenvalue weighted by atomic mass is 16.6. The molecule has 0 amide bonds. The molecule has 1 heterocycles. The summed E-state index contributed by atoms with van der Waals surface area (Å²) in [4.78, 5) is 0. The fourth-order valence-corrected chi connectivity index (χ4v) is 2.76. The summed E-state index contributed by atoms with van der Waals surface area (Å²) in [6, 6.07) is 5.23. The summed E-state index contributed by atoms with van der Waals surface area (Å²) in [5.41, 5.74) is -0.842. The Kier molecular flexibility index (Phi) is 4.41.